The van der Waals surface area contributed by atoms with Gasteiger partial charge in [0.15, 0.2) is 0 Å². The van der Waals surface area contributed by atoms with Crippen molar-refractivity contribution in [1.29, 1.82) is 0 Å². The Morgan fingerprint density at radius 3 is 2.16 bits per heavy atom. The van der Waals surface area contributed by atoms with E-state index in [1.807, 2.05) is 25.9 Å². The lowest BCUT2D eigenvalue weighted by molar-refractivity contribution is 0.572. The average Bonchev–Trinajstić information content (AvgIpc) is 3.30. The fraction of sp³-hybridized carbons (Fsp3) is 0.111. The Kier molecular flexibility index (Phi) is 5.65. The van der Waals surface area contributed by atoms with Gasteiger partial charge in [0.1, 0.15) is 0 Å². The standard InChI is InChI=1S/C27H26N4S/c1-30(2)25-14-12-23(13-15-25)28-22-8-10-24(11-9-22)29-31-19-21(20-6-4-3-5-7-20)18-27-26(31)16-17-32-27/h3-16,18-19,28-29H,17H2,1-2H3. The average molecular weight is 439 g/mol. The lowest BCUT2D eigenvalue weighted by Crippen LogP contribution is -2.25. The summed E-state index contributed by atoms with van der Waals surface area (Å²) in [5.74, 6) is 1.00. The molecule has 0 atom stereocenters. The second-order valence-electron chi connectivity index (χ2n) is 7.98. The molecular weight excluding hydrogens is 412 g/mol. The highest BCUT2D eigenvalue weighted by atomic mass is 32.2. The van der Waals surface area contributed by atoms with Crippen LogP contribution < -0.4 is 15.6 Å². The molecule has 32 heavy (non-hydrogen) atoms. The predicted octanol–water partition coefficient (Wildman–Crippen LogP) is 6.69. The molecule has 2 aliphatic heterocycles. The fourth-order valence-electron chi connectivity index (χ4n) is 3.76. The molecule has 0 radical (unpaired) electrons. The molecule has 5 heteroatoms. The number of nitrogens with zero attached hydrogens (tertiary/aromatic N) is 2. The van der Waals surface area contributed by atoms with E-state index in [0.717, 1.165) is 22.8 Å². The van der Waals surface area contributed by atoms with Gasteiger partial charge >= 0.3 is 0 Å². The smallest absolute Gasteiger partial charge is 0.0728 e. The second kappa shape index (κ2) is 8.89. The fourth-order valence-corrected chi connectivity index (χ4v) is 4.72. The van der Waals surface area contributed by atoms with Gasteiger partial charge in [-0.2, -0.15) is 0 Å². The maximum absolute atomic E-state index is 3.56. The molecule has 0 saturated carbocycles. The highest BCUT2D eigenvalue weighted by molar-refractivity contribution is 8.03. The van der Waals surface area contributed by atoms with E-state index in [4.69, 9.17) is 0 Å². The van der Waals surface area contributed by atoms with Crippen molar-refractivity contribution < 1.29 is 0 Å². The van der Waals surface area contributed by atoms with Crippen LogP contribution >= 0.6 is 11.8 Å². The SMILES string of the molecule is CN(C)c1ccc(Nc2ccc(NN3C=C(c4ccccc4)C=C4SCC=C43)cc2)cc1. The van der Waals surface area contributed by atoms with Crippen LogP contribution in [0.15, 0.2) is 108 Å². The third-order valence-corrected chi connectivity index (χ3v) is 6.47. The van der Waals surface area contributed by atoms with Crippen LogP contribution in [-0.2, 0) is 0 Å². The molecule has 0 aliphatic carbocycles. The zero-order valence-electron chi connectivity index (χ0n) is 18.2. The summed E-state index contributed by atoms with van der Waals surface area (Å²) in [4.78, 5) is 3.40. The quantitative estimate of drug-likeness (QED) is 0.447. The third kappa shape index (κ3) is 4.39. The summed E-state index contributed by atoms with van der Waals surface area (Å²) < 4.78 is 0. The minimum absolute atomic E-state index is 1.00. The first-order chi connectivity index (χ1) is 15.7. The van der Waals surface area contributed by atoms with E-state index in [0.29, 0.717) is 0 Å². The number of hydrazine groups is 1. The van der Waals surface area contributed by atoms with Crippen LogP contribution in [0.3, 0.4) is 0 Å². The highest BCUT2D eigenvalue weighted by Gasteiger charge is 2.23. The van der Waals surface area contributed by atoms with Crippen molar-refractivity contribution in [2.75, 3.05) is 35.5 Å². The van der Waals surface area contributed by atoms with Crippen molar-refractivity contribution in [3.63, 3.8) is 0 Å². The molecule has 0 bridgehead atoms. The van der Waals surface area contributed by atoms with Crippen LogP contribution in [-0.4, -0.2) is 24.9 Å². The zero-order chi connectivity index (χ0) is 21.9. The van der Waals surface area contributed by atoms with Gasteiger partial charge in [-0.25, -0.2) is 0 Å². The molecule has 2 heterocycles. The normalized spacial score (nSPS) is 14.8. The molecule has 0 aromatic heterocycles. The van der Waals surface area contributed by atoms with Crippen LogP contribution in [0, 0.1) is 0 Å². The molecule has 0 unspecified atom stereocenters. The van der Waals surface area contributed by atoms with Gasteiger partial charge in [0, 0.05) is 53.6 Å². The first-order valence-electron chi connectivity index (χ1n) is 10.7. The zero-order valence-corrected chi connectivity index (χ0v) is 19.1. The van der Waals surface area contributed by atoms with E-state index in [1.165, 1.54) is 27.4 Å². The molecular formula is C27H26N4S. The Morgan fingerprint density at radius 1 is 0.812 bits per heavy atom. The van der Waals surface area contributed by atoms with Gasteiger partial charge in [0.25, 0.3) is 0 Å². The maximum Gasteiger partial charge on any atom is 0.0728 e. The highest BCUT2D eigenvalue weighted by Crippen LogP contribution is 2.40. The molecule has 5 rings (SSSR count). The van der Waals surface area contributed by atoms with Crippen LogP contribution in [0.4, 0.5) is 22.7 Å². The van der Waals surface area contributed by atoms with Crippen molar-refractivity contribution >= 4 is 40.1 Å². The van der Waals surface area contributed by atoms with Gasteiger partial charge in [-0.3, -0.25) is 10.4 Å². The van der Waals surface area contributed by atoms with Gasteiger partial charge in [0.2, 0.25) is 0 Å². The number of thioether (sulfide) groups is 1. The number of allylic oxidation sites excluding steroid dienone is 2. The second-order valence-corrected chi connectivity index (χ2v) is 9.05. The Labute approximate surface area is 193 Å². The Hall–Kier alpha value is -3.57. The monoisotopic (exact) mass is 438 g/mol. The lowest BCUT2D eigenvalue weighted by Gasteiger charge is -2.29. The summed E-state index contributed by atoms with van der Waals surface area (Å²) in [6, 6.07) is 27.4. The molecule has 0 spiro atoms. The molecule has 4 nitrogen and oxygen atoms in total. The summed E-state index contributed by atoms with van der Waals surface area (Å²) in [6.07, 6.45) is 6.73. The van der Waals surface area contributed by atoms with Gasteiger partial charge in [-0.1, -0.05) is 30.3 Å². The van der Waals surface area contributed by atoms with E-state index in [-0.39, 0.29) is 0 Å². The number of fused-ring (bicyclic) bond motifs is 1. The lowest BCUT2D eigenvalue weighted by atomic mass is 10.0. The summed E-state index contributed by atoms with van der Waals surface area (Å²) in [6.45, 7) is 0. The van der Waals surface area contributed by atoms with E-state index < -0.39 is 0 Å². The van der Waals surface area contributed by atoms with Crippen LogP contribution in [0.25, 0.3) is 5.57 Å². The molecule has 2 N–H and O–H groups in total. The summed E-state index contributed by atoms with van der Waals surface area (Å²) in [7, 11) is 4.10. The van der Waals surface area contributed by atoms with Crippen LogP contribution in [0.5, 0.6) is 0 Å². The number of hydrogen-bond acceptors (Lipinski definition) is 5. The van der Waals surface area contributed by atoms with Crippen LogP contribution in [0.1, 0.15) is 5.56 Å². The van der Waals surface area contributed by atoms with Crippen molar-refractivity contribution in [2.24, 2.45) is 0 Å². The topological polar surface area (TPSA) is 30.5 Å². The molecule has 160 valence electrons. The van der Waals surface area contributed by atoms with E-state index >= 15 is 0 Å². The van der Waals surface area contributed by atoms with Gasteiger partial charge in [-0.15, -0.1) is 11.8 Å². The minimum atomic E-state index is 1.00. The number of rotatable bonds is 6. The maximum atomic E-state index is 3.56. The van der Waals surface area contributed by atoms with Crippen molar-refractivity contribution in [3.05, 3.63) is 113 Å². The van der Waals surface area contributed by atoms with Crippen molar-refractivity contribution in [3.8, 4) is 0 Å². The Bertz CT molecular complexity index is 1180. The molecule has 3 aromatic rings. The Morgan fingerprint density at radius 2 is 1.47 bits per heavy atom. The molecule has 0 fully saturated rings. The van der Waals surface area contributed by atoms with Gasteiger partial charge in [-0.05, 0) is 66.2 Å². The predicted molar refractivity (Wildman–Crippen MR) is 139 cm³/mol. The van der Waals surface area contributed by atoms with Crippen LogP contribution in [0.2, 0.25) is 0 Å². The van der Waals surface area contributed by atoms with Crippen molar-refractivity contribution in [1.82, 2.24) is 5.01 Å². The minimum Gasteiger partial charge on any atom is -0.378 e. The van der Waals surface area contributed by atoms with E-state index in [9.17, 15) is 0 Å². The first kappa shape index (κ1) is 20.3. The number of anilines is 4. The van der Waals surface area contributed by atoms with Crippen molar-refractivity contribution in [2.45, 2.75) is 0 Å². The molecule has 3 aromatic carbocycles. The molecule has 2 aliphatic rings. The largest absolute Gasteiger partial charge is 0.378 e. The summed E-state index contributed by atoms with van der Waals surface area (Å²) >= 11 is 1.88. The van der Waals surface area contributed by atoms with Gasteiger partial charge < -0.3 is 10.2 Å². The Balaban J connectivity index is 1.31. The third-order valence-electron chi connectivity index (χ3n) is 5.50. The number of hydrogen-bond donors (Lipinski definition) is 2. The van der Waals surface area contributed by atoms with Gasteiger partial charge in [0.05, 0.1) is 11.4 Å². The number of benzene rings is 3. The number of nitrogens with one attached hydrogen (secondary N) is 2. The van der Waals surface area contributed by atoms with E-state index in [2.05, 4.69) is 118 Å². The molecule has 0 saturated heterocycles. The summed E-state index contributed by atoms with van der Waals surface area (Å²) in [5.41, 5.74) is 11.6. The van der Waals surface area contributed by atoms with E-state index in [1.54, 1.807) is 0 Å². The molecule has 0 amide bonds. The first-order valence-corrected chi connectivity index (χ1v) is 11.7. The summed E-state index contributed by atoms with van der Waals surface area (Å²) in [5, 5.41) is 5.61.